The molecule has 0 radical (unpaired) electrons. The Labute approximate surface area is 144 Å². The van der Waals surface area contributed by atoms with E-state index in [9.17, 15) is 18.0 Å². The van der Waals surface area contributed by atoms with Crippen molar-refractivity contribution in [3.63, 3.8) is 0 Å². The van der Waals surface area contributed by atoms with Gasteiger partial charge in [-0.25, -0.2) is 13.6 Å². The minimum Gasteiger partial charge on any atom is -0.497 e. The number of primary sulfonamides is 1. The van der Waals surface area contributed by atoms with Crippen LogP contribution in [0.1, 0.15) is 10.4 Å². The van der Waals surface area contributed by atoms with E-state index in [1.54, 1.807) is 6.07 Å². The average molecular weight is 364 g/mol. The Morgan fingerprint density at radius 1 is 1.24 bits per heavy atom. The quantitative estimate of drug-likeness (QED) is 0.711. The number of nitrogens with one attached hydrogen (secondary N) is 1. The summed E-state index contributed by atoms with van der Waals surface area (Å²) in [5, 5.41) is 7.53. The van der Waals surface area contributed by atoms with Gasteiger partial charge in [-0.15, -0.1) is 0 Å². The third-order valence-electron chi connectivity index (χ3n) is 3.15. The number of hydrogen-bond donors (Lipinski definition) is 2. The predicted octanol–water partition coefficient (Wildman–Crippen LogP) is 1.17. The molecule has 8 nitrogen and oxygen atoms in total. The number of nitrogens with two attached hydrogens (primary N) is 1. The summed E-state index contributed by atoms with van der Waals surface area (Å²) in [6.07, 6.45) is 0.589. The van der Waals surface area contributed by atoms with Crippen molar-refractivity contribution in [3.05, 3.63) is 48.0 Å². The molecule has 0 atom stereocenters. The topological polar surface area (TPSA) is 125 Å². The van der Waals surface area contributed by atoms with Crippen molar-refractivity contribution in [2.24, 2.45) is 5.14 Å². The van der Waals surface area contributed by atoms with Gasteiger partial charge in [0.05, 0.1) is 17.6 Å². The van der Waals surface area contributed by atoms with Crippen LogP contribution in [0.5, 0.6) is 11.5 Å². The number of aldehydes is 1. The second-order valence-corrected chi connectivity index (χ2v) is 6.49. The first kappa shape index (κ1) is 18.4. The zero-order valence-corrected chi connectivity index (χ0v) is 14.1. The molecule has 0 saturated heterocycles. The predicted molar refractivity (Wildman–Crippen MR) is 90.3 cm³/mol. The molecule has 0 aromatic heterocycles. The normalized spacial score (nSPS) is 10.8. The van der Waals surface area contributed by atoms with Gasteiger partial charge in [-0.1, -0.05) is 6.07 Å². The first-order valence-electron chi connectivity index (χ1n) is 7.02. The molecule has 0 spiro atoms. The van der Waals surface area contributed by atoms with Crippen LogP contribution in [0, 0.1) is 0 Å². The SMILES string of the molecule is COc1ccc(OCC(=O)Nc2cccc(S(N)(=O)=O)c2)c(C=O)c1. The Morgan fingerprint density at radius 2 is 2.00 bits per heavy atom. The highest BCUT2D eigenvalue weighted by Crippen LogP contribution is 2.22. The molecular formula is C16H16N2O6S. The average Bonchev–Trinajstić information content (AvgIpc) is 2.59. The number of sulfonamides is 1. The number of carbonyl (C=O) groups excluding carboxylic acids is 2. The van der Waals surface area contributed by atoms with Crippen molar-refractivity contribution in [2.75, 3.05) is 19.0 Å². The van der Waals surface area contributed by atoms with Crippen LogP contribution < -0.4 is 19.9 Å². The van der Waals surface area contributed by atoms with Gasteiger partial charge in [0.2, 0.25) is 10.0 Å². The number of ether oxygens (including phenoxy) is 2. The molecule has 0 saturated carbocycles. The number of amides is 1. The number of methoxy groups -OCH3 is 1. The number of benzene rings is 2. The summed E-state index contributed by atoms with van der Waals surface area (Å²) in [7, 11) is -2.40. The van der Waals surface area contributed by atoms with Crippen LogP contribution in [0.2, 0.25) is 0 Å². The monoisotopic (exact) mass is 364 g/mol. The Bertz CT molecular complexity index is 895. The Hall–Kier alpha value is -2.91. The van der Waals surface area contributed by atoms with E-state index in [1.165, 1.54) is 43.5 Å². The lowest BCUT2D eigenvalue weighted by Gasteiger charge is -2.10. The fourth-order valence-electron chi connectivity index (χ4n) is 1.97. The smallest absolute Gasteiger partial charge is 0.262 e. The lowest BCUT2D eigenvalue weighted by Crippen LogP contribution is -2.21. The van der Waals surface area contributed by atoms with Crippen LogP contribution in [0.3, 0.4) is 0 Å². The van der Waals surface area contributed by atoms with Crippen molar-refractivity contribution in [2.45, 2.75) is 4.90 Å². The Morgan fingerprint density at radius 3 is 2.64 bits per heavy atom. The zero-order chi connectivity index (χ0) is 18.4. The van der Waals surface area contributed by atoms with E-state index < -0.39 is 15.9 Å². The van der Waals surface area contributed by atoms with Crippen molar-refractivity contribution >= 4 is 27.9 Å². The first-order valence-corrected chi connectivity index (χ1v) is 8.57. The van der Waals surface area contributed by atoms with Crippen molar-refractivity contribution < 1.29 is 27.5 Å². The van der Waals surface area contributed by atoms with Crippen LogP contribution in [-0.2, 0) is 14.8 Å². The molecule has 2 aromatic carbocycles. The highest BCUT2D eigenvalue weighted by atomic mass is 32.2. The maximum atomic E-state index is 11.9. The molecule has 25 heavy (non-hydrogen) atoms. The van der Waals surface area contributed by atoms with Crippen molar-refractivity contribution in [1.29, 1.82) is 0 Å². The van der Waals surface area contributed by atoms with E-state index in [2.05, 4.69) is 5.32 Å². The maximum absolute atomic E-state index is 11.9. The highest BCUT2D eigenvalue weighted by Gasteiger charge is 2.11. The zero-order valence-electron chi connectivity index (χ0n) is 13.3. The van der Waals surface area contributed by atoms with E-state index in [0.29, 0.717) is 12.0 Å². The summed E-state index contributed by atoms with van der Waals surface area (Å²) in [6, 6.07) is 10.1. The Kier molecular flexibility index (Phi) is 5.73. The van der Waals surface area contributed by atoms with Crippen LogP contribution in [0.25, 0.3) is 0 Å². The molecule has 0 heterocycles. The fourth-order valence-corrected chi connectivity index (χ4v) is 2.53. The molecule has 1 amide bonds. The third kappa shape index (κ3) is 5.03. The molecule has 0 bridgehead atoms. The molecule has 0 unspecified atom stereocenters. The van der Waals surface area contributed by atoms with Crippen molar-refractivity contribution in [3.8, 4) is 11.5 Å². The summed E-state index contributed by atoms with van der Waals surface area (Å²) in [6.45, 7) is -0.368. The Balaban J connectivity index is 2.03. The molecular weight excluding hydrogens is 348 g/mol. The molecule has 0 aliphatic heterocycles. The van der Waals surface area contributed by atoms with E-state index in [-0.39, 0.29) is 28.5 Å². The van der Waals surface area contributed by atoms with Gasteiger partial charge in [0, 0.05) is 5.69 Å². The minimum absolute atomic E-state index is 0.121. The number of carbonyl (C=O) groups is 2. The second-order valence-electron chi connectivity index (χ2n) is 4.93. The van der Waals surface area contributed by atoms with Gasteiger partial charge in [0.15, 0.2) is 12.9 Å². The fraction of sp³-hybridized carbons (Fsp3) is 0.125. The van der Waals surface area contributed by atoms with Gasteiger partial charge >= 0.3 is 0 Å². The van der Waals surface area contributed by atoms with Crippen LogP contribution in [0.4, 0.5) is 5.69 Å². The summed E-state index contributed by atoms with van der Waals surface area (Å²) in [4.78, 5) is 22.9. The van der Waals surface area contributed by atoms with E-state index in [0.717, 1.165) is 0 Å². The highest BCUT2D eigenvalue weighted by molar-refractivity contribution is 7.89. The molecule has 132 valence electrons. The van der Waals surface area contributed by atoms with E-state index in [1.807, 2.05) is 0 Å². The molecule has 2 aromatic rings. The first-order chi connectivity index (χ1) is 11.8. The van der Waals surface area contributed by atoms with Gasteiger partial charge in [-0.2, -0.15) is 0 Å². The summed E-state index contributed by atoms with van der Waals surface area (Å²) < 4.78 is 32.9. The second kappa shape index (κ2) is 7.77. The van der Waals surface area contributed by atoms with Crippen LogP contribution in [0.15, 0.2) is 47.4 Å². The van der Waals surface area contributed by atoms with Crippen molar-refractivity contribution in [1.82, 2.24) is 0 Å². The third-order valence-corrected chi connectivity index (χ3v) is 4.06. The lowest BCUT2D eigenvalue weighted by molar-refractivity contribution is -0.118. The lowest BCUT2D eigenvalue weighted by atomic mass is 10.2. The van der Waals surface area contributed by atoms with Gasteiger partial charge in [-0.05, 0) is 36.4 Å². The standard InChI is InChI=1S/C16H16N2O6S/c1-23-13-5-6-15(11(7-13)9-19)24-10-16(20)18-12-3-2-4-14(8-12)25(17,21)22/h2-9H,10H2,1H3,(H,18,20)(H2,17,21,22). The largest absolute Gasteiger partial charge is 0.497 e. The summed E-state index contributed by atoms with van der Waals surface area (Å²) in [5.41, 5.74) is 0.494. The van der Waals surface area contributed by atoms with Gasteiger partial charge < -0.3 is 14.8 Å². The van der Waals surface area contributed by atoms with Crippen LogP contribution in [-0.4, -0.2) is 34.3 Å². The van der Waals surface area contributed by atoms with Gasteiger partial charge in [0.1, 0.15) is 11.5 Å². The summed E-state index contributed by atoms with van der Waals surface area (Å²) in [5.74, 6) is 0.183. The molecule has 9 heteroatoms. The minimum atomic E-state index is -3.87. The number of anilines is 1. The summed E-state index contributed by atoms with van der Waals surface area (Å²) >= 11 is 0. The molecule has 2 rings (SSSR count). The number of rotatable bonds is 7. The van der Waals surface area contributed by atoms with Gasteiger partial charge in [-0.3, -0.25) is 9.59 Å². The van der Waals surface area contributed by atoms with E-state index in [4.69, 9.17) is 14.6 Å². The molecule has 0 aliphatic rings. The number of hydrogen-bond acceptors (Lipinski definition) is 6. The van der Waals surface area contributed by atoms with Gasteiger partial charge in [0.25, 0.3) is 5.91 Å². The molecule has 0 aliphatic carbocycles. The maximum Gasteiger partial charge on any atom is 0.262 e. The molecule has 3 N–H and O–H groups in total. The van der Waals surface area contributed by atoms with E-state index >= 15 is 0 Å². The molecule has 0 fully saturated rings. The van der Waals surface area contributed by atoms with Crippen LogP contribution >= 0.6 is 0 Å².